The molecule has 0 bridgehead atoms. The molecule has 0 aliphatic carbocycles. The zero-order valence-electron chi connectivity index (χ0n) is 9.16. The number of alkyl halides is 1. The Morgan fingerprint density at radius 2 is 2.00 bits per heavy atom. The number of rotatable bonds is 3. The number of hydrogen-bond acceptors (Lipinski definition) is 1. The van der Waals surface area contributed by atoms with E-state index in [9.17, 15) is 0 Å². The number of hydrogen-bond donors (Lipinski definition) is 0. The van der Waals surface area contributed by atoms with Gasteiger partial charge in [0.05, 0.1) is 5.88 Å². The molecular weight excluding hydrogens is 222 g/mol. The van der Waals surface area contributed by atoms with Crippen molar-refractivity contribution in [2.75, 3.05) is 5.88 Å². The van der Waals surface area contributed by atoms with Gasteiger partial charge in [-0.15, -0.1) is 11.6 Å². The standard InChI is InChI=1S/C13H13ClNO/c1-3-10-4-6-11(7-5-10)13-15-12(8-14)9(2)16-13/h4-7H,2-3,8H2,1H3/q+1. The summed E-state index contributed by atoms with van der Waals surface area (Å²) in [6.45, 7) is 5.88. The van der Waals surface area contributed by atoms with E-state index in [1.165, 1.54) is 5.56 Å². The molecule has 1 aromatic rings. The van der Waals surface area contributed by atoms with E-state index < -0.39 is 0 Å². The third-order valence-electron chi connectivity index (χ3n) is 2.51. The van der Waals surface area contributed by atoms with Gasteiger partial charge in [-0.3, -0.25) is 0 Å². The summed E-state index contributed by atoms with van der Waals surface area (Å²) in [6, 6.07) is 8.15. The van der Waals surface area contributed by atoms with Crippen LogP contribution < -0.4 is 0 Å². The zero-order chi connectivity index (χ0) is 11.5. The predicted octanol–water partition coefficient (Wildman–Crippen LogP) is 3.13. The first-order chi connectivity index (χ1) is 7.74. The van der Waals surface area contributed by atoms with Crippen molar-refractivity contribution in [3.63, 3.8) is 0 Å². The van der Waals surface area contributed by atoms with Gasteiger partial charge >= 0.3 is 11.7 Å². The second kappa shape index (κ2) is 4.62. The number of aliphatic imine (C=N–C) groups is 1. The van der Waals surface area contributed by atoms with Crippen LogP contribution in [-0.4, -0.2) is 17.5 Å². The molecule has 0 atom stereocenters. The van der Waals surface area contributed by atoms with Crippen molar-refractivity contribution in [3.8, 4) is 0 Å². The van der Waals surface area contributed by atoms with Crippen LogP contribution in [0.1, 0.15) is 22.5 Å². The summed E-state index contributed by atoms with van der Waals surface area (Å²) in [5.74, 6) is 1.46. The average Bonchev–Trinajstić information content (AvgIpc) is 2.71. The summed E-state index contributed by atoms with van der Waals surface area (Å²) in [5, 5.41) is 0. The summed E-state index contributed by atoms with van der Waals surface area (Å²) >= 11 is 5.72. The minimum absolute atomic E-state index is 0.329. The number of amides is 1. The molecule has 16 heavy (non-hydrogen) atoms. The Bertz CT molecular complexity index is 471. The molecule has 0 saturated heterocycles. The molecule has 1 aliphatic heterocycles. The fourth-order valence-electron chi connectivity index (χ4n) is 1.49. The maximum Gasteiger partial charge on any atom is 0.461 e. The predicted molar refractivity (Wildman–Crippen MR) is 67.4 cm³/mol. The number of aryl methyl sites for hydroxylation is 1. The van der Waals surface area contributed by atoms with Gasteiger partial charge in [0.2, 0.25) is 0 Å². The molecule has 2 nitrogen and oxygen atoms in total. The quantitative estimate of drug-likeness (QED) is 0.567. The van der Waals surface area contributed by atoms with Gasteiger partial charge in [-0.2, -0.15) is 9.42 Å². The number of carbonyl (C=O) groups excluding carboxylic acids is 1. The Hall–Kier alpha value is -1.41. The summed E-state index contributed by atoms with van der Waals surface area (Å²) in [4.78, 5) is 4.29. The van der Waals surface area contributed by atoms with E-state index in [1.807, 2.05) is 12.1 Å². The number of halogens is 1. The van der Waals surface area contributed by atoms with E-state index in [0.29, 0.717) is 23.3 Å². The normalized spacial score (nSPS) is 15.0. The summed E-state index contributed by atoms with van der Waals surface area (Å²) in [5.41, 5.74) is 2.96. The van der Waals surface area contributed by atoms with Crippen LogP contribution in [0.4, 0.5) is 0 Å². The highest BCUT2D eigenvalue weighted by molar-refractivity contribution is 6.33. The fraction of sp³-hybridized carbons (Fsp3) is 0.231. The first-order valence-corrected chi connectivity index (χ1v) is 5.75. The largest absolute Gasteiger partial charge is 0.461 e. The molecule has 0 unspecified atom stereocenters. The van der Waals surface area contributed by atoms with E-state index in [2.05, 4.69) is 30.6 Å². The molecule has 2 rings (SSSR count). The van der Waals surface area contributed by atoms with Crippen LogP contribution in [0.3, 0.4) is 0 Å². The van der Waals surface area contributed by atoms with Crippen LogP contribution in [-0.2, 0) is 6.42 Å². The van der Waals surface area contributed by atoms with Gasteiger partial charge in [0.25, 0.3) is 0 Å². The monoisotopic (exact) mass is 234 g/mol. The van der Waals surface area contributed by atoms with Crippen molar-refractivity contribution in [2.45, 2.75) is 13.3 Å². The molecule has 0 aromatic heterocycles. The highest BCUT2D eigenvalue weighted by atomic mass is 35.5. The van der Waals surface area contributed by atoms with Gasteiger partial charge in [-0.1, -0.05) is 19.1 Å². The average molecular weight is 235 g/mol. The summed E-state index contributed by atoms with van der Waals surface area (Å²) < 4.78 is 5.46. The van der Waals surface area contributed by atoms with Crippen molar-refractivity contribution >= 4 is 23.2 Å². The van der Waals surface area contributed by atoms with Crippen LogP contribution in [0, 0.1) is 0 Å². The van der Waals surface area contributed by atoms with Gasteiger partial charge in [0.1, 0.15) is 5.56 Å². The molecule has 1 aromatic carbocycles. The molecule has 0 fully saturated rings. The van der Waals surface area contributed by atoms with Crippen LogP contribution >= 0.6 is 11.6 Å². The van der Waals surface area contributed by atoms with Crippen LogP contribution in [0.5, 0.6) is 0 Å². The Morgan fingerprint density at radius 1 is 1.31 bits per heavy atom. The first-order valence-electron chi connectivity index (χ1n) is 5.21. The first kappa shape index (κ1) is 11.1. The Labute approximate surface area is 100.0 Å². The smallest absolute Gasteiger partial charge is 0.186 e. The topological polar surface area (TPSA) is 23.7 Å². The molecule has 3 heteroatoms. The third-order valence-corrected chi connectivity index (χ3v) is 2.77. The Balaban J connectivity index is 2.29. The van der Waals surface area contributed by atoms with Crippen molar-refractivity contribution < 1.29 is 4.42 Å². The molecule has 0 saturated carbocycles. The second-order valence-corrected chi connectivity index (χ2v) is 3.84. The van der Waals surface area contributed by atoms with Gasteiger partial charge in [-0.25, -0.2) is 0 Å². The van der Waals surface area contributed by atoms with Gasteiger partial charge < -0.3 is 0 Å². The maximum atomic E-state index is 5.72. The second-order valence-electron chi connectivity index (χ2n) is 3.57. The van der Waals surface area contributed by atoms with Crippen molar-refractivity contribution in [2.24, 2.45) is 4.99 Å². The zero-order valence-corrected chi connectivity index (χ0v) is 9.92. The lowest BCUT2D eigenvalue weighted by Crippen LogP contribution is -1.98. The molecule has 0 spiro atoms. The summed E-state index contributed by atoms with van der Waals surface area (Å²) in [7, 11) is 0. The molecular formula is C13H13ClNO+. The SMILES string of the molecule is C=C1[O+]=C(c2ccc(CC)cc2)N=C1CCl. The lowest BCUT2D eigenvalue weighted by atomic mass is 10.1. The minimum atomic E-state index is 0.329. The number of allylic oxidation sites excluding steroid dienone is 1. The molecule has 1 heterocycles. The molecule has 1 aliphatic rings. The van der Waals surface area contributed by atoms with Crippen LogP contribution in [0.2, 0.25) is 0 Å². The number of benzene rings is 1. The van der Waals surface area contributed by atoms with Crippen LogP contribution in [0.15, 0.2) is 41.6 Å². The van der Waals surface area contributed by atoms with E-state index in [0.717, 1.165) is 12.0 Å². The minimum Gasteiger partial charge on any atom is -0.186 e. The molecule has 0 N–H and O–H groups in total. The van der Waals surface area contributed by atoms with E-state index >= 15 is 0 Å². The maximum absolute atomic E-state index is 5.72. The summed E-state index contributed by atoms with van der Waals surface area (Å²) in [6.07, 6.45) is 1.03. The molecule has 0 amide bonds. The van der Waals surface area contributed by atoms with Gasteiger partial charge in [0.15, 0.2) is 5.71 Å². The van der Waals surface area contributed by atoms with Crippen molar-refractivity contribution in [1.82, 2.24) is 0 Å². The molecule has 0 radical (unpaired) electrons. The third kappa shape index (κ3) is 2.07. The van der Waals surface area contributed by atoms with Crippen LogP contribution in [0.25, 0.3) is 0 Å². The number of nitrogens with zero attached hydrogens (tertiary/aromatic N) is 1. The highest BCUT2D eigenvalue weighted by Crippen LogP contribution is 2.15. The van der Waals surface area contributed by atoms with Crippen molar-refractivity contribution in [3.05, 3.63) is 47.7 Å². The molecule has 82 valence electrons. The lowest BCUT2D eigenvalue weighted by Gasteiger charge is -1.94. The van der Waals surface area contributed by atoms with Gasteiger partial charge in [-0.05, 0) is 24.1 Å². The Morgan fingerprint density at radius 3 is 2.50 bits per heavy atom. The fourth-order valence-corrected chi connectivity index (χ4v) is 1.70. The highest BCUT2D eigenvalue weighted by Gasteiger charge is 2.29. The van der Waals surface area contributed by atoms with Crippen molar-refractivity contribution in [1.29, 1.82) is 0 Å². The van der Waals surface area contributed by atoms with E-state index in [-0.39, 0.29) is 0 Å². The Kier molecular flexibility index (Phi) is 3.20. The van der Waals surface area contributed by atoms with E-state index in [4.69, 9.17) is 16.0 Å². The van der Waals surface area contributed by atoms with Gasteiger partial charge in [0, 0.05) is 6.58 Å². The lowest BCUT2D eigenvalue weighted by molar-refractivity contribution is -0.183. The van der Waals surface area contributed by atoms with E-state index in [1.54, 1.807) is 0 Å².